The molecule has 0 radical (unpaired) electrons. The van der Waals surface area contributed by atoms with E-state index in [-0.39, 0.29) is 24.2 Å². The number of nitrogens with one attached hydrogen (secondary N) is 1. The van der Waals surface area contributed by atoms with Crippen LogP contribution in [0.4, 0.5) is 11.5 Å². The molecule has 1 unspecified atom stereocenters. The molecule has 0 saturated carbocycles. The number of aromatic nitrogens is 1. The summed E-state index contributed by atoms with van der Waals surface area (Å²) in [5.41, 5.74) is 3.20. The molecule has 1 aliphatic heterocycles. The molecule has 3 aromatic rings. The summed E-state index contributed by atoms with van der Waals surface area (Å²) in [5.74, 6) is -1.28. The number of aliphatic carboxylic acids is 1. The van der Waals surface area contributed by atoms with Gasteiger partial charge in [-0.3, -0.25) is 14.4 Å². The average molecular weight is 478 g/mol. The number of halogens is 1. The molecule has 8 heteroatoms. The van der Waals surface area contributed by atoms with Crippen LogP contribution in [0, 0.1) is 6.92 Å². The summed E-state index contributed by atoms with van der Waals surface area (Å²) >= 11 is 6.19. The molecule has 2 aromatic carbocycles. The predicted octanol–water partition coefficient (Wildman–Crippen LogP) is 5.29. The normalized spacial score (nSPS) is 15.2. The molecule has 0 spiro atoms. The van der Waals surface area contributed by atoms with E-state index < -0.39 is 5.97 Å². The van der Waals surface area contributed by atoms with Crippen LogP contribution in [0.15, 0.2) is 60.8 Å². The van der Waals surface area contributed by atoms with E-state index in [1.54, 1.807) is 47.4 Å². The molecule has 2 amide bonds. The minimum atomic E-state index is -0.886. The first-order valence-corrected chi connectivity index (χ1v) is 11.4. The second-order valence-corrected chi connectivity index (χ2v) is 8.73. The van der Waals surface area contributed by atoms with Crippen molar-refractivity contribution in [3.8, 4) is 0 Å². The highest BCUT2D eigenvalue weighted by Gasteiger charge is 2.29. The van der Waals surface area contributed by atoms with Crippen LogP contribution in [0.5, 0.6) is 0 Å². The van der Waals surface area contributed by atoms with Crippen LogP contribution < -0.4 is 10.2 Å². The SMILES string of the molecule is Cc1ccccc1C(=O)Nc1ccc(C(=O)N2CCCC(CC(=O)O)c3cc(Cl)ccc32)cn1. The summed E-state index contributed by atoms with van der Waals surface area (Å²) in [4.78, 5) is 43.2. The Kier molecular flexibility index (Phi) is 6.93. The molecule has 7 nitrogen and oxygen atoms in total. The molecule has 2 N–H and O–H groups in total. The van der Waals surface area contributed by atoms with Crippen LogP contribution in [-0.4, -0.2) is 34.4 Å². The molecular weight excluding hydrogens is 454 g/mol. The quantitative estimate of drug-likeness (QED) is 0.519. The van der Waals surface area contributed by atoms with Crippen molar-refractivity contribution in [2.24, 2.45) is 0 Å². The Morgan fingerprint density at radius 1 is 1.15 bits per heavy atom. The Bertz CT molecular complexity index is 1240. The van der Waals surface area contributed by atoms with E-state index in [9.17, 15) is 19.5 Å². The second-order valence-electron chi connectivity index (χ2n) is 8.30. The first-order valence-electron chi connectivity index (χ1n) is 11.0. The van der Waals surface area contributed by atoms with E-state index in [1.807, 2.05) is 19.1 Å². The lowest BCUT2D eigenvalue weighted by atomic mass is 9.91. The monoisotopic (exact) mass is 477 g/mol. The smallest absolute Gasteiger partial charge is 0.303 e. The molecule has 1 aromatic heterocycles. The number of carboxylic acid groups (broad SMARTS) is 1. The number of hydrogen-bond donors (Lipinski definition) is 2. The largest absolute Gasteiger partial charge is 0.481 e. The van der Waals surface area contributed by atoms with Crippen molar-refractivity contribution in [1.82, 2.24) is 4.98 Å². The van der Waals surface area contributed by atoms with Gasteiger partial charge in [0.05, 0.1) is 12.0 Å². The summed E-state index contributed by atoms with van der Waals surface area (Å²) < 4.78 is 0. The summed E-state index contributed by atoms with van der Waals surface area (Å²) in [6, 6.07) is 15.7. The van der Waals surface area contributed by atoms with E-state index in [0.717, 1.165) is 11.1 Å². The lowest BCUT2D eigenvalue weighted by Gasteiger charge is -2.24. The molecule has 174 valence electrons. The van der Waals surface area contributed by atoms with Crippen molar-refractivity contribution in [3.05, 3.63) is 88.1 Å². The van der Waals surface area contributed by atoms with Gasteiger partial charge >= 0.3 is 5.97 Å². The third-order valence-corrected chi connectivity index (χ3v) is 6.20. The maximum atomic E-state index is 13.4. The molecular formula is C26H24ClN3O4. The first kappa shape index (κ1) is 23.4. The van der Waals surface area contributed by atoms with Gasteiger partial charge in [0.25, 0.3) is 11.8 Å². The number of pyridine rings is 1. The van der Waals surface area contributed by atoms with Crippen molar-refractivity contribution in [3.63, 3.8) is 0 Å². The number of fused-ring (bicyclic) bond motifs is 1. The number of hydrogen-bond acceptors (Lipinski definition) is 4. The fourth-order valence-corrected chi connectivity index (χ4v) is 4.45. The molecule has 2 heterocycles. The van der Waals surface area contributed by atoms with Gasteiger partial charge in [-0.2, -0.15) is 0 Å². The van der Waals surface area contributed by atoms with Crippen molar-refractivity contribution < 1.29 is 19.5 Å². The fourth-order valence-electron chi connectivity index (χ4n) is 4.27. The maximum Gasteiger partial charge on any atom is 0.303 e. The van der Waals surface area contributed by atoms with E-state index in [0.29, 0.717) is 47.0 Å². The van der Waals surface area contributed by atoms with Crippen LogP contribution in [0.25, 0.3) is 0 Å². The lowest BCUT2D eigenvalue weighted by Crippen LogP contribution is -2.32. The van der Waals surface area contributed by atoms with Crippen molar-refractivity contribution in [2.45, 2.75) is 32.1 Å². The molecule has 0 bridgehead atoms. The van der Waals surface area contributed by atoms with Crippen molar-refractivity contribution in [2.75, 3.05) is 16.8 Å². The van der Waals surface area contributed by atoms with Gasteiger partial charge in [-0.25, -0.2) is 4.98 Å². The standard InChI is InChI=1S/C26H24ClN3O4/c1-16-5-2-3-7-20(16)25(33)29-23-11-8-18(15-28-23)26(34)30-12-4-6-17(13-24(31)32)21-14-19(27)9-10-22(21)30/h2-3,5,7-11,14-15,17H,4,6,12-13H2,1H3,(H,31,32)(H,28,29,33). The number of amides is 2. The Balaban J connectivity index is 1.56. The molecule has 0 fully saturated rings. The van der Waals surface area contributed by atoms with Crippen LogP contribution in [0.1, 0.15) is 57.0 Å². The molecule has 34 heavy (non-hydrogen) atoms. The third-order valence-electron chi connectivity index (χ3n) is 5.96. The summed E-state index contributed by atoms with van der Waals surface area (Å²) in [6.45, 7) is 2.31. The van der Waals surface area contributed by atoms with E-state index in [2.05, 4.69) is 10.3 Å². The fraction of sp³-hybridized carbons (Fsp3) is 0.231. The lowest BCUT2D eigenvalue weighted by molar-refractivity contribution is -0.137. The molecule has 0 saturated heterocycles. The van der Waals surface area contributed by atoms with Crippen LogP contribution in [0.3, 0.4) is 0 Å². The second kappa shape index (κ2) is 10.1. The molecule has 0 aliphatic carbocycles. The minimum absolute atomic E-state index is 0.0216. The number of rotatable bonds is 5. The van der Waals surface area contributed by atoms with Gasteiger partial charge in [0, 0.05) is 29.0 Å². The molecule has 4 rings (SSSR count). The number of aryl methyl sites for hydroxylation is 1. The van der Waals surface area contributed by atoms with Gasteiger partial charge in [-0.15, -0.1) is 0 Å². The van der Waals surface area contributed by atoms with E-state index in [1.165, 1.54) is 6.20 Å². The number of nitrogens with zero attached hydrogens (tertiary/aromatic N) is 2. The van der Waals surface area contributed by atoms with Gasteiger partial charge in [-0.05, 0) is 73.2 Å². The van der Waals surface area contributed by atoms with Gasteiger partial charge in [0.15, 0.2) is 0 Å². The predicted molar refractivity (Wildman–Crippen MR) is 131 cm³/mol. The zero-order valence-corrected chi connectivity index (χ0v) is 19.4. The van der Waals surface area contributed by atoms with Crippen molar-refractivity contribution >= 4 is 40.9 Å². The number of anilines is 2. The minimum Gasteiger partial charge on any atom is -0.481 e. The zero-order valence-electron chi connectivity index (χ0n) is 18.6. The Hall–Kier alpha value is -3.71. The number of carbonyl (C=O) groups is 3. The Morgan fingerprint density at radius 2 is 1.94 bits per heavy atom. The molecule has 1 aliphatic rings. The van der Waals surface area contributed by atoms with Crippen LogP contribution in [-0.2, 0) is 4.79 Å². The summed E-state index contributed by atoms with van der Waals surface area (Å²) in [7, 11) is 0. The van der Waals surface area contributed by atoms with E-state index >= 15 is 0 Å². The molecule has 1 atom stereocenters. The Labute approximate surface area is 202 Å². The van der Waals surface area contributed by atoms with Crippen molar-refractivity contribution in [1.29, 1.82) is 0 Å². The zero-order chi connectivity index (χ0) is 24.2. The highest BCUT2D eigenvalue weighted by Crippen LogP contribution is 2.38. The average Bonchev–Trinajstić information content (AvgIpc) is 2.98. The van der Waals surface area contributed by atoms with Crippen LogP contribution in [0.2, 0.25) is 5.02 Å². The Morgan fingerprint density at radius 3 is 2.65 bits per heavy atom. The third kappa shape index (κ3) is 5.10. The number of carbonyl (C=O) groups excluding carboxylic acids is 2. The summed E-state index contributed by atoms with van der Waals surface area (Å²) in [6.07, 6.45) is 2.72. The van der Waals surface area contributed by atoms with Gasteiger partial charge in [0.2, 0.25) is 0 Å². The number of benzene rings is 2. The first-order chi connectivity index (χ1) is 16.3. The van der Waals surface area contributed by atoms with Crippen LogP contribution >= 0.6 is 11.6 Å². The van der Waals surface area contributed by atoms with E-state index in [4.69, 9.17) is 11.6 Å². The van der Waals surface area contributed by atoms with Gasteiger partial charge in [-0.1, -0.05) is 29.8 Å². The summed E-state index contributed by atoms with van der Waals surface area (Å²) in [5, 5.41) is 12.6. The number of carboxylic acids is 1. The maximum absolute atomic E-state index is 13.4. The topological polar surface area (TPSA) is 99.6 Å². The highest BCUT2D eigenvalue weighted by molar-refractivity contribution is 6.30. The van der Waals surface area contributed by atoms with Gasteiger partial charge in [0.1, 0.15) is 5.82 Å². The van der Waals surface area contributed by atoms with Gasteiger partial charge < -0.3 is 15.3 Å². The highest BCUT2D eigenvalue weighted by atomic mass is 35.5.